The molecule has 1 unspecified atom stereocenters. The minimum Gasteiger partial charge on any atom is -0.382 e. The molecule has 1 atom stereocenters. The number of nitrogens with one attached hydrogen (secondary N) is 2. The predicted molar refractivity (Wildman–Crippen MR) is 119 cm³/mol. The van der Waals surface area contributed by atoms with Gasteiger partial charge in [0.15, 0.2) is 11.8 Å². The zero-order valence-corrected chi connectivity index (χ0v) is 19.5. The maximum atomic E-state index is 14.1. The van der Waals surface area contributed by atoms with Crippen molar-refractivity contribution < 1.29 is 13.5 Å². The molecule has 0 aliphatic rings. The molecule has 0 aliphatic heterocycles. The van der Waals surface area contributed by atoms with Crippen molar-refractivity contribution in [2.24, 2.45) is 12.0 Å². The second-order valence-corrected chi connectivity index (χ2v) is 6.40. The molecule has 29 heavy (non-hydrogen) atoms. The second kappa shape index (κ2) is 12.7. The highest BCUT2D eigenvalue weighted by Crippen LogP contribution is 2.17. The number of aromatic nitrogens is 3. The summed E-state index contributed by atoms with van der Waals surface area (Å²) in [4.78, 5) is 4.53. The third kappa shape index (κ3) is 7.84. The Bertz CT molecular complexity index is 799. The predicted octanol–water partition coefficient (Wildman–Crippen LogP) is 3.24. The lowest BCUT2D eigenvalue weighted by atomic mass is 10.1. The highest BCUT2D eigenvalue weighted by molar-refractivity contribution is 14.0. The van der Waals surface area contributed by atoms with E-state index in [2.05, 4.69) is 25.8 Å². The number of ether oxygens (including phenoxy) is 1. The van der Waals surface area contributed by atoms with E-state index >= 15 is 0 Å². The molecule has 0 saturated heterocycles. The van der Waals surface area contributed by atoms with Crippen LogP contribution in [0.2, 0.25) is 0 Å². The molecule has 0 radical (unpaired) electrons. The molecule has 162 valence electrons. The molecule has 10 heteroatoms. The van der Waals surface area contributed by atoms with E-state index in [0.29, 0.717) is 43.7 Å². The first-order valence-electron chi connectivity index (χ1n) is 9.34. The lowest BCUT2D eigenvalue weighted by Crippen LogP contribution is -2.39. The zero-order valence-electron chi connectivity index (χ0n) is 17.2. The van der Waals surface area contributed by atoms with Crippen LogP contribution in [0.5, 0.6) is 0 Å². The average molecular weight is 522 g/mol. The first-order chi connectivity index (χ1) is 13.4. The Labute approximate surface area is 187 Å². The summed E-state index contributed by atoms with van der Waals surface area (Å²) in [5, 5.41) is 14.5. The summed E-state index contributed by atoms with van der Waals surface area (Å²) in [5.74, 6) is 0.821. The third-order valence-corrected chi connectivity index (χ3v) is 4.31. The summed E-state index contributed by atoms with van der Waals surface area (Å²) in [6.45, 7) is 7.88. The lowest BCUT2D eigenvalue weighted by molar-refractivity contribution is 0.145. The van der Waals surface area contributed by atoms with E-state index in [0.717, 1.165) is 18.3 Å². The maximum Gasteiger partial charge on any atom is 0.192 e. The molecule has 2 N–H and O–H groups in total. The number of aliphatic imine (C=N–C) groups is 1. The molecule has 0 aliphatic carbocycles. The van der Waals surface area contributed by atoms with Crippen LogP contribution in [0.25, 0.3) is 0 Å². The van der Waals surface area contributed by atoms with Gasteiger partial charge in [0, 0.05) is 38.4 Å². The summed E-state index contributed by atoms with van der Waals surface area (Å²) < 4.78 is 34.4. The largest absolute Gasteiger partial charge is 0.382 e. The number of nitrogens with zero attached hydrogens (tertiary/aromatic N) is 4. The fourth-order valence-electron chi connectivity index (χ4n) is 2.55. The topological polar surface area (TPSA) is 76.4 Å². The van der Waals surface area contributed by atoms with E-state index < -0.39 is 17.7 Å². The number of hydrogen-bond acceptors (Lipinski definition) is 4. The van der Waals surface area contributed by atoms with Gasteiger partial charge in [-0.25, -0.2) is 13.8 Å². The van der Waals surface area contributed by atoms with Crippen LogP contribution in [-0.2, 0) is 18.3 Å². The summed E-state index contributed by atoms with van der Waals surface area (Å²) in [7, 11) is 1.87. The molecule has 1 aromatic heterocycles. The fraction of sp³-hybridized carbons (Fsp3) is 0.526. The van der Waals surface area contributed by atoms with Gasteiger partial charge in [0.2, 0.25) is 0 Å². The molecule has 1 heterocycles. The minimum atomic E-state index is -0.603. The Morgan fingerprint density at radius 2 is 2.07 bits per heavy atom. The van der Waals surface area contributed by atoms with Gasteiger partial charge in [0.1, 0.15) is 24.0 Å². The quantitative estimate of drug-likeness (QED) is 0.229. The molecular weight excluding hydrogens is 493 g/mol. The maximum absolute atomic E-state index is 14.1. The SMILES string of the molecule is CCOCCCNC(=NCc1nnc(C)n1C)NC(C)c1ccc(F)cc1F.I. The van der Waals surface area contributed by atoms with E-state index in [1.165, 1.54) is 12.1 Å². The first kappa shape index (κ1) is 25.2. The van der Waals surface area contributed by atoms with Crippen molar-refractivity contribution in [2.75, 3.05) is 19.8 Å². The molecule has 0 amide bonds. The smallest absolute Gasteiger partial charge is 0.192 e. The Hall–Kier alpha value is -1.82. The van der Waals surface area contributed by atoms with Crippen LogP contribution in [0.1, 0.15) is 43.5 Å². The fourth-order valence-corrected chi connectivity index (χ4v) is 2.55. The molecule has 0 saturated carbocycles. The van der Waals surface area contributed by atoms with E-state index in [1.54, 1.807) is 6.92 Å². The molecule has 2 rings (SSSR count). The highest BCUT2D eigenvalue weighted by Gasteiger charge is 2.14. The summed E-state index contributed by atoms with van der Waals surface area (Å²) in [5.41, 5.74) is 0.361. The highest BCUT2D eigenvalue weighted by atomic mass is 127. The van der Waals surface area contributed by atoms with Crippen molar-refractivity contribution in [1.29, 1.82) is 0 Å². The molecule has 0 spiro atoms. The molecule has 0 bridgehead atoms. The van der Waals surface area contributed by atoms with E-state index in [9.17, 15) is 8.78 Å². The Balaban J connectivity index is 0.00000420. The number of guanidine groups is 1. The summed E-state index contributed by atoms with van der Waals surface area (Å²) in [6, 6.07) is 3.15. The second-order valence-electron chi connectivity index (χ2n) is 6.40. The van der Waals surface area contributed by atoms with Gasteiger partial charge in [-0.3, -0.25) is 0 Å². The number of hydrogen-bond donors (Lipinski definition) is 2. The summed E-state index contributed by atoms with van der Waals surface area (Å²) in [6.07, 6.45) is 0.802. The number of halogens is 3. The van der Waals surface area contributed by atoms with Gasteiger partial charge >= 0.3 is 0 Å². The van der Waals surface area contributed by atoms with Crippen LogP contribution in [-0.4, -0.2) is 40.5 Å². The summed E-state index contributed by atoms with van der Waals surface area (Å²) >= 11 is 0. The van der Waals surface area contributed by atoms with Crippen LogP contribution < -0.4 is 10.6 Å². The molecule has 0 fully saturated rings. The van der Waals surface area contributed by atoms with Gasteiger partial charge in [0.05, 0.1) is 6.04 Å². The van der Waals surface area contributed by atoms with Crippen molar-refractivity contribution in [3.05, 3.63) is 47.0 Å². The zero-order chi connectivity index (χ0) is 20.5. The number of rotatable bonds is 9. The van der Waals surface area contributed by atoms with Crippen LogP contribution in [0.3, 0.4) is 0 Å². The molecule has 7 nitrogen and oxygen atoms in total. The van der Waals surface area contributed by atoms with Crippen molar-refractivity contribution >= 4 is 29.9 Å². The average Bonchev–Trinajstić information content (AvgIpc) is 2.97. The Kier molecular flexibility index (Phi) is 11.0. The lowest BCUT2D eigenvalue weighted by Gasteiger charge is -2.19. The van der Waals surface area contributed by atoms with Crippen LogP contribution in [0.4, 0.5) is 8.78 Å². The van der Waals surface area contributed by atoms with Crippen molar-refractivity contribution in [3.63, 3.8) is 0 Å². The Morgan fingerprint density at radius 3 is 2.69 bits per heavy atom. The van der Waals surface area contributed by atoms with Crippen LogP contribution in [0, 0.1) is 18.6 Å². The van der Waals surface area contributed by atoms with Crippen molar-refractivity contribution in [3.8, 4) is 0 Å². The van der Waals surface area contributed by atoms with E-state index in [1.807, 2.05) is 25.5 Å². The minimum absolute atomic E-state index is 0. The van der Waals surface area contributed by atoms with Crippen LogP contribution >= 0.6 is 24.0 Å². The molecule has 2 aromatic rings. The van der Waals surface area contributed by atoms with Crippen molar-refractivity contribution in [2.45, 2.75) is 39.8 Å². The normalized spacial score (nSPS) is 12.4. The van der Waals surface area contributed by atoms with Crippen LogP contribution in [0.15, 0.2) is 23.2 Å². The standard InChI is InChI=1S/C19H28F2N6O.HI/c1-5-28-10-6-9-22-19(23-12-18-26-25-14(3)27(18)4)24-13(2)16-8-7-15(20)11-17(16)21;/h7-8,11,13H,5-6,9-10,12H2,1-4H3,(H2,22,23,24);1H. The molecule has 1 aromatic carbocycles. The monoisotopic (exact) mass is 522 g/mol. The number of aryl methyl sites for hydroxylation is 1. The van der Waals surface area contributed by atoms with Gasteiger partial charge in [-0.2, -0.15) is 0 Å². The number of benzene rings is 1. The van der Waals surface area contributed by atoms with E-state index in [4.69, 9.17) is 4.74 Å². The third-order valence-electron chi connectivity index (χ3n) is 4.31. The van der Waals surface area contributed by atoms with Gasteiger partial charge < -0.3 is 19.9 Å². The van der Waals surface area contributed by atoms with E-state index in [-0.39, 0.29) is 24.0 Å². The van der Waals surface area contributed by atoms with Gasteiger partial charge in [-0.1, -0.05) is 6.07 Å². The van der Waals surface area contributed by atoms with Gasteiger partial charge in [0.25, 0.3) is 0 Å². The van der Waals surface area contributed by atoms with Gasteiger partial charge in [-0.15, -0.1) is 34.2 Å². The molecular formula is C19H29F2IN6O. The van der Waals surface area contributed by atoms with Gasteiger partial charge in [-0.05, 0) is 33.3 Å². The first-order valence-corrected chi connectivity index (χ1v) is 9.34. The Morgan fingerprint density at radius 1 is 1.31 bits per heavy atom. The van der Waals surface area contributed by atoms with Crippen molar-refractivity contribution in [1.82, 2.24) is 25.4 Å².